The van der Waals surface area contributed by atoms with Crippen molar-refractivity contribution >= 4 is 29.4 Å². The fraction of sp³-hybridized carbons (Fsp3) is 0.923. The van der Waals surface area contributed by atoms with E-state index in [2.05, 4.69) is 0 Å². The van der Waals surface area contributed by atoms with E-state index in [-0.39, 0.29) is 24.4 Å². The topological polar surface area (TPSA) is 54.0 Å². The Bertz CT molecular complexity index is 287. The standard InChI is InChI=1S/C13H20Cl2O5/c14-7-11-5-9(1-3-17-11)19-13(16)20-10-2-4-18-12(6-10)8-15/h9-12H,1-8H2. The molecule has 0 bridgehead atoms. The Morgan fingerprint density at radius 3 is 1.80 bits per heavy atom. The molecule has 0 aliphatic carbocycles. The zero-order valence-corrected chi connectivity index (χ0v) is 12.8. The van der Waals surface area contributed by atoms with Gasteiger partial charge in [-0.2, -0.15) is 0 Å². The van der Waals surface area contributed by atoms with Gasteiger partial charge in [0.15, 0.2) is 0 Å². The number of carbonyl (C=O) groups excluding carboxylic acids is 1. The number of carbonyl (C=O) groups is 1. The van der Waals surface area contributed by atoms with Crippen molar-refractivity contribution < 1.29 is 23.7 Å². The third kappa shape index (κ3) is 4.95. The average molecular weight is 327 g/mol. The Morgan fingerprint density at radius 2 is 1.40 bits per heavy atom. The Balaban J connectivity index is 1.71. The highest BCUT2D eigenvalue weighted by atomic mass is 35.5. The van der Waals surface area contributed by atoms with Gasteiger partial charge < -0.3 is 18.9 Å². The zero-order valence-electron chi connectivity index (χ0n) is 11.3. The predicted molar refractivity (Wildman–Crippen MR) is 74.5 cm³/mol. The summed E-state index contributed by atoms with van der Waals surface area (Å²) in [5.74, 6) is 0.818. The van der Waals surface area contributed by atoms with E-state index in [4.69, 9.17) is 42.1 Å². The van der Waals surface area contributed by atoms with Crippen LogP contribution < -0.4 is 0 Å². The Morgan fingerprint density at radius 1 is 0.950 bits per heavy atom. The maximum absolute atomic E-state index is 11.8. The summed E-state index contributed by atoms with van der Waals surface area (Å²) in [6, 6.07) is 0. The lowest BCUT2D eigenvalue weighted by Gasteiger charge is -2.30. The number of hydrogen-bond acceptors (Lipinski definition) is 5. The molecule has 7 heteroatoms. The summed E-state index contributed by atoms with van der Waals surface area (Å²) >= 11 is 11.5. The number of alkyl halides is 2. The van der Waals surface area contributed by atoms with Gasteiger partial charge in [0.2, 0.25) is 0 Å². The fourth-order valence-electron chi connectivity index (χ4n) is 2.42. The van der Waals surface area contributed by atoms with Crippen LogP contribution in [0.3, 0.4) is 0 Å². The van der Waals surface area contributed by atoms with Gasteiger partial charge in [-0.3, -0.25) is 0 Å². The second-order valence-corrected chi connectivity index (χ2v) is 5.69. The van der Waals surface area contributed by atoms with Gasteiger partial charge in [0, 0.05) is 37.4 Å². The number of rotatable bonds is 4. The van der Waals surface area contributed by atoms with E-state index in [0.29, 0.717) is 50.7 Å². The summed E-state index contributed by atoms with van der Waals surface area (Å²) < 4.78 is 21.5. The Kier molecular flexibility index (Phi) is 6.68. The minimum absolute atomic E-state index is 0.0491. The van der Waals surface area contributed by atoms with E-state index in [1.165, 1.54) is 0 Å². The van der Waals surface area contributed by atoms with E-state index in [0.717, 1.165) is 0 Å². The molecule has 0 radical (unpaired) electrons. The first kappa shape index (κ1) is 16.1. The molecule has 0 N–H and O–H groups in total. The van der Waals surface area contributed by atoms with E-state index in [1.54, 1.807) is 0 Å². The highest BCUT2D eigenvalue weighted by molar-refractivity contribution is 6.18. The molecule has 0 aromatic rings. The maximum Gasteiger partial charge on any atom is 0.508 e. The third-order valence-electron chi connectivity index (χ3n) is 3.51. The maximum atomic E-state index is 11.8. The first-order valence-electron chi connectivity index (χ1n) is 6.93. The van der Waals surface area contributed by atoms with Gasteiger partial charge in [-0.05, 0) is 0 Å². The van der Waals surface area contributed by atoms with Crippen LogP contribution in [-0.4, -0.2) is 55.5 Å². The van der Waals surface area contributed by atoms with Gasteiger partial charge >= 0.3 is 6.16 Å². The Hall–Kier alpha value is -0.230. The van der Waals surface area contributed by atoms with Crippen molar-refractivity contribution in [2.75, 3.05) is 25.0 Å². The second kappa shape index (κ2) is 8.27. The molecule has 2 aliphatic rings. The molecule has 2 fully saturated rings. The van der Waals surface area contributed by atoms with Crippen LogP contribution in [-0.2, 0) is 18.9 Å². The van der Waals surface area contributed by atoms with Crippen molar-refractivity contribution in [3.05, 3.63) is 0 Å². The van der Waals surface area contributed by atoms with Gasteiger partial charge in [0.05, 0.1) is 25.4 Å². The summed E-state index contributed by atoms with van der Waals surface area (Å²) in [5, 5.41) is 0. The van der Waals surface area contributed by atoms with Crippen molar-refractivity contribution in [2.24, 2.45) is 0 Å². The quantitative estimate of drug-likeness (QED) is 0.587. The molecule has 2 aliphatic heterocycles. The largest absolute Gasteiger partial charge is 0.508 e. The molecule has 2 rings (SSSR count). The smallest absolute Gasteiger partial charge is 0.431 e. The molecule has 0 aromatic carbocycles. The van der Waals surface area contributed by atoms with Crippen molar-refractivity contribution in [1.29, 1.82) is 0 Å². The second-order valence-electron chi connectivity index (χ2n) is 5.07. The van der Waals surface area contributed by atoms with Crippen molar-refractivity contribution in [1.82, 2.24) is 0 Å². The minimum atomic E-state index is -0.620. The molecule has 5 nitrogen and oxygen atoms in total. The lowest BCUT2D eigenvalue weighted by Crippen LogP contribution is -2.36. The van der Waals surface area contributed by atoms with Crippen LogP contribution in [0.25, 0.3) is 0 Å². The molecule has 0 aromatic heterocycles. The van der Waals surface area contributed by atoms with Crippen LogP contribution in [0.15, 0.2) is 0 Å². The average Bonchev–Trinajstić information content (AvgIpc) is 2.47. The summed E-state index contributed by atoms with van der Waals surface area (Å²) in [6.07, 6.45) is 1.53. The normalized spacial score (nSPS) is 34.5. The summed E-state index contributed by atoms with van der Waals surface area (Å²) in [5.41, 5.74) is 0. The molecule has 4 atom stereocenters. The lowest BCUT2D eigenvalue weighted by atomic mass is 10.1. The van der Waals surface area contributed by atoms with E-state index < -0.39 is 6.16 Å². The van der Waals surface area contributed by atoms with Crippen LogP contribution in [0.5, 0.6) is 0 Å². The van der Waals surface area contributed by atoms with Crippen LogP contribution in [0.4, 0.5) is 4.79 Å². The van der Waals surface area contributed by atoms with Gasteiger partial charge in [-0.15, -0.1) is 23.2 Å². The molecule has 2 heterocycles. The summed E-state index contributed by atoms with van der Waals surface area (Å²) in [7, 11) is 0. The van der Waals surface area contributed by atoms with Crippen molar-refractivity contribution in [3.8, 4) is 0 Å². The van der Waals surface area contributed by atoms with Crippen molar-refractivity contribution in [3.63, 3.8) is 0 Å². The fourth-order valence-corrected chi connectivity index (χ4v) is 2.85. The van der Waals surface area contributed by atoms with E-state index in [9.17, 15) is 4.79 Å². The molecule has 2 saturated heterocycles. The molecule has 0 saturated carbocycles. The first-order chi connectivity index (χ1) is 9.71. The van der Waals surface area contributed by atoms with Crippen molar-refractivity contribution in [2.45, 2.75) is 50.1 Å². The van der Waals surface area contributed by atoms with Gasteiger partial charge in [-0.25, -0.2) is 4.79 Å². The zero-order chi connectivity index (χ0) is 14.4. The molecule has 116 valence electrons. The van der Waals surface area contributed by atoms with Crippen LogP contribution in [0.2, 0.25) is 0 Å². The van der Waals surface area contributed by atoms with Crippen LogP contribution >= 0.6 is 23.2 Å². The van der Waals surface area contributed by atoms with Gasteiger partial charge in [0.25, 0.3) is 0 Å². The van der Waals surface area contributed by atoms with E-state index >= 15 is 0 Å². The third-order valence-corrected chi connectivity index (χ3v) is 4.20. The number of ether oxygens (including phenoxy) is 4. The molecule has 0 spiro atoms. The van der Waals surface area contributed by atoms with Gasteiger partial charge in [-0.1, -0.05) is 0 Å². The summed E-state index contributed by atoms with van der Waals surface area (Å²) in [6.45, 7) is 1.11. The highest BCUT2D eigenvalue weighted by Crippen LogP contribution is 2.21. The molecule has 0 amide bonds. The summed E-state index contributed by atoms with van der Waals surface area (Å²) in [4.78, 5) is 11.8. The van der Waals surface area contributed by atoms with E-state index in [1.807, 2.05) is 0 Å². The minimum Gasteiger partial charge on any atom is -0.431 e. The Labute approximate surface area is 128 Å². The first-order valence-corrected chi connectivity index (χ1v) is 8.00. The van der Waals surface area contributed by atoms with Crippen LogP contribution in [0, 0.1) is 0 Å². The number of hydrogen-bond donors (Lipinski definition) is 0. The SMILES string of the molecule is O=C(OC1CCOC(CCl)C1)OC1CCOC(CCl)C1. The monoisotopic (exact) mass is 326 g/mol. The highest BCUT2D eigenvalue weighted by Gasteiger charge is 2.29. The van der Waals surface area contributed by atoms with Gasteiger partial charge in [0.1, 0.15) is 12.2 Å². The predicted octanol–water partition coefficient (Wildman–Crippen LogP) is 2.71. The molecule has 4 unspecified atom stereocenters. The molecular weight excluding hydrogens is 307 g/mol. The number of halogens is 2. The van der Waals surface area contributed by atoms with Crippen LogP contribution in [0.1, 0.15) is 25.7 Å². The molecular formula is C13H20Cl2O5. The molecule has 20 heavy (non-hydrogen) atoms. The lowest BCUT2D eigenvalue weighted by molar-refractivity contribution is -0.0838.